The van der Waals surface area contributed by atoms with Gasteiger partial charge in [0, 0.05) is 20.1 Å². The molecule has 2 aliphatic rings. The molecule has 0 heterocycles. The standard InChI is InChI=1S/C7H9.C5H5.Ir/c1-7-5-3-2-4-6-7;1-2-4-5-3-1;/h2-3,5H,1,4,6H2;1-3H,4H2;/q2*-1;. The third-order valence-electron chi connectivity index (χ3n) is 1.69. The van der Waals surface area contributed by atoms with Crippen LogP contribution in [0.25, 0.3) is 0 Å². The minimum atomic E-state index is 0. The zero-order valence-electron chi connectivity index (χ0n) is 7.63. The van der Waals surface area contributed by atoms with Crippen molar-refractivity contribution in [3.63, 3.8) is 0 Å². The summed E-state index contributed by atoms with van der Waals surface area (Å²) in [7, 11) is 0. The van der Waals surface area contributed by atoms with Crippen molar-refractivity contribution < 1.29 is 20.1 Å². The van der Waals surface area contributed by atoms with Crippen LogP contribution in [0.3, 0.4) is 0 Å². The van der Waals surface area contributed by atoms with Gasteiger partial charge in [0.1, 0.15) is 0 Å². The Kier molecular flexibility index (Phi) is 7.77. The van der Waals surface area contributed by atoms with Gasteiger partial charge in [-0.15, -0.1) is 18.6 Å². The first kappa shape index (κ1) is 12.5. The fourth-order valence-corrected chi connectivity index (χ4v) is 0.993. The van der Waals surface area contributed by atoms with E-state index in [0.29, 0.717) is 0 Å². The molecule has 0 saturated carbocycles. The third kappa shape index (κ3) is 6.62. The van der Waals surface area contributed by atoms with Crippen molar-refractivity contribution in [3.05, 3.63) is 55.0 Å². The van der Waals surface area contributed by atoms with Crippen LogP contribution in [0.4, 0.5) is 0 Å². The average molecular weight is 350 g/mol. The third-order valence-corrected chi connectivity index (χ3v) is 1.69. The van der Waals surface area contributed by atoms with E-state index in [0.717, 1.165) is 12.8 Å². The maximum atomic E-state index is 3.81. The van der Waals surface area contributed by atoms with E-state index in [9.17, 15) is 0 Å². The average Bonchev–Trinajstić information content (AvgIpc) is 2.62. The van der Waals surface area contributed by atoms with Gasteiger partial charge in [0.05, 0.1) is 0 Å². The zero-order valence-corrected chi connectivity index (χ0v) is 10.0. The quantitative estimate of drug-likeness (QED) is 0.588. The predicted octanol–water partition coefficient (Wildman–Crippen LogP) is 3.40. The zero-order chi connectivity index (χ0) is 8.65. The van der Waals surface area contributed by atoms with E-state index in [4.69, 9.17) is 0 Å². The molecule has 0 nitrogen and oxygen atoms in total. The van der Waals surface area contributed by atoms with Gasteiger partial charge in [-0.2, -0.15) is 6.08 Å². The van der Waals surface area contributed by atoms with E-state index in [-0.39, 0.29) is 20.1 Å². The van der Waals surface area contributed by atoms with Gasteiger partial charge in [-0.1, -0.05) is 6.42 Å². The van der Waals surface area contributed by atoms with Gasteiger partial charge in [0.25, 0.3) is 0 Å². The number of hydrogen-bond acceptors (Lipinski definition) is 0. The molecule has 0 fully saturated rings. The molecule has 2 aliphatic carbocycles. The molecule has 0 N–H and O–H groups in total. The first-order valence-electron chi connectivity index (χ1n) is 4.29. The molecule has 73 valence electrons. The Morgan fingerprint density at radius 1 is 1.23 bits per heavy atom. The molecule has 1 heteroatoms. The monoisotopic (exact) mass is 351 g/mol. The molecular formula is C12H14Ir-2. The van der Waals surface area contributed by atoms with Gasteiger partial charge in [0.2, 0.25) is 0 Å². The van der Waals surface area contributed by atoms with Crippen molar-refractivity contribution in [2.45, 2.75) is 19.3 Å². The summed E-state index contributed by atoms with van der Waals surface area (Å²) in [6, 6.07) is 0. The molecule has 0 aromatic rings. The first-order chi connectivity index (χ1) is 5.89. The van der Waals surface area contributed by atoms with Gasteiger partial charge < -0.3 is 0 Å². The van der Waals surface area contributed by atoms with Gasteiger partial charge in [0.15, 0.2) is 0 Å². The second kappa shape index (κ2) is 8.09. The Hall–Kier alpha value is -0.521. The van der Waals surface area contributed by atoms with Crippen LogP contribution in [0.2, 0.25) is 0 Å². The number of hydrogen-bond donors (Lipinski definition) is 0. The minimum Gasteiger partial charge on any atom is -0.273 e. The van der Waals surface area contributed by atoms with Crippen molar-refractivity contribution in [1.29, 1.82) is 0 Å². The van der Waals surface area contributed by atoms with Crippen LogP contribution in [-0.4, -0.2) is 0 Å². The van der Waals surface area contributed by atoms with E-state index in [1.54, 1.807) is 0 Å². The SMILES string of the molecule is [C-]1=CC=CC1.[CH2-]C1=CC=CCC1.[Ir]. The van der Waals surface area contributed by atoms with Crippen LogP contribution in [-0.2, 0) is 20.1 Å². The molecule has 0 spiro atoms. The first-order valence-corrected chi connectivity index (χ1v) is 4.29. The molecule has 0 aromatic carbocycles. The van der Waals surface area contributed by atoms with Gasteiger partial charge >= 0.3 is 0 Å². The van der Waals surface area contributed by atoms with Crippen molar-refractivity contribution in [2.75, 3.05) is 0 Å². The predicted molar refractivity (Wildman–Crippen MR) is 53.4 cm³/mol. The summed E-state index contributed by atoms with van der Waals surface area (Å²) in [6.45, 7) is 3.81. The number of rotatable bonds is 0. The van der Waals surface area contributed by atoms with Crippen LogP contribution in [0.5, 0.6) is 0 Å². The fourth-order valence-electron chi connectivity index (χ4n) is 0.993. The van der Waals surface area contributed by atoms with E-state index in [1.807, 2.05) is 12.2 Å². The van der Waals surface area contributed by atoms with E-state index < -0.39 is 0 Å². The Morgan fingerprint density at radius 2 is 2.08 bits per heavy atom. The molecule has 2 rings (SSSR count). The summed E-state index contributed by atoms with van der Waals surface area (Å²) in [5.41, 5.74) is 1.25. The van der Waals surface area contributed by atoms with Crippen LogP contribution < -0.4 is 0 Å². The van der Waals surface area contributed by atoms with Crippen molar-refractivity contribution >= 4 is 0 Å². The maximum Gasteiger partial charge on any atom is 0 e. The van der Waals surface area contributed by atoms with E-state index in [2.05, 4.69) is 37.3 Å². The Balaban J connectivity index is 0.000000215. The van der Waals surface area contributed by atoms with Gasteiger partial charge in [-0.3, -0.25) is 6.08 Å². The maximum absolute atomic E-state index is 3.81. The molecule has 0 bridgehead atoms. The molecular weight excluding hydrogens is 336 g/mol. The topological polar surface area (TPSA) is 0 Å². The van der Waals surface area contributed by atoms with Crippen molar-refractivity contribution in [2.24, 2.45) is 0 Å². The summed E-state index contributed by atoms with van der Waals surface area (Å²) < 4.78 is 0. The second-order valence-corrected chi connectivity index (χ2v) is 2.79. The molecule has 0 aliphatic heterocycles. The summed E-state index contributed by atoms with van der Waals surface area (Å²) in [5, 5.41) is 0. The van der Waals surface area contributed by atoms with Crippen molar-refractivity contribution in [3.8, 4) is 0 Å². The summed E-state index contributed by atoms with van der Waals surface area (Å²) >= 11 is 0. The van der Waals surface area contributed by atoms with Crippen molar-refractivity contribution in [1.82, 2.24) is 0 Å². The second-order valence-electron chi connectivity index (χ2n) is 2.79. The Labute approximate surface area is 94.5 Å². The summed E-state index contributed by atoms with van der Waals surface area (Å²) in [6.07, 6.45) is 18.6. The minimum absolute atomic E-state index is 0. The summed E-state index contributed by atoms with van der Waals surface area (Å²) in [4.78, 5) is 0. The van der Waals surface area contributed by atoms with E-state index in [1.165, 1.54) is 12.0 Å². The smallest absolute Gasteiger partial charge is 0 e. The Morgan fingerprint density at radius 3 is 2.31 bits per heavy atom. The summed E-state index contributed by atoms with van der Waals surface area (Å²) in [5.74, 6) is 0. The molecule has 0 atom stereocenters. The molecule has 0 aromatic heterocycles. The van der Waals surface area contributed by atoms with E-state index >= 15 is 0 Å². The molecule has 1 radical (unpaired) electrons. The van der Waals surface area contributed by atoms with Crippen LogP contribution in [0.1, 0.15) is 19.3 Å². The largest absolute Gasteiger partial charge is 0.273 e. The molecule has 0 unspecified atom stereocenters. The number of allylic oxidation sites excluding steroid dienone is 8. The normalized spacial score (nSPS) is 17.1. The van der Waals surface area contributed by atoms with Crippen LogP contribution >= 0.6 is 0 Å². The fraction of sp³-hybridized carbons (Fsp3) is 0.250. The van der Waals surface area contributed by atoms with Crippen LogP contribution in [0, 0.1) is 13.0 Å². The van der Waals surface area contributed by atoms with Gasteiger partial charge in [-0.05, 0) is 6.42 Å². The van der Waals surface area contributed by atoms with Crippen LogP contribution in [0.15, 0.2) is 42.0 Å². The van der Waals surface area contributed by atoms with Gasteiger partial charge in [-0.25, -0.2) is 30.7 Å². The molecule has 0 amide bonds. The molecule has 13 heavy (non-hydrogen) atoms. The Bertz CT molecular complexity index is 222. The molecule has 0 saturated heterocycles.